The van der Waals surface area contributed by atoms with Crippen LogP contribution in [0.1, 0.15) is 37.5 Å². The van der Waals surface area contributed by atoms with E-state index in [9.17, 15) is 14.4 Å². The highest BCUT2D eigenvalue weighted by atomic mass is 32.2. The molecule has 0 atom stereocenters. The van der Waals surface area contributed by atoms with Crippen molar-refractivity contribution in [2.75, 3.05) is 19.6 Å². The second-order valence-corrected chi connectivity index (χ2v) is 17.0. The molecule has 1 aromatic heterocycles. The summed E-state index contributed by atoms with van der Waals surface area (Å²) in [4.78, 5) is 57.9. The summed E-state index contributed by atoms with van der Waals surface area (Å²) >= 11 is 19.8. The molecule has 3 aliphatic rings. The number of benzene rings is 3. The summed E-state index contributed by atoms with van der Waals surface area (Å²) in [5.41, 5.74) is 2.10. The van der Waals surface area contributed by atoms with Gasteiger partial charge >= 0.3 is 18.0 Å². The van der Waals surface area contributed by atoms with Crippen molar-refractivity contribution in [3.8, 4) is 35.3 Å². The summed E-state index contributed by atoms with van der Waals surface area (Å²) in [7, 11) is 0. The molecule has 7 rings (SSSR count). The molecule has 3 amide bonds. The van der Waals surface area contributed by atoms with Crippen molar-refractivity contribution >= 4 is 121 Å². The highest BCUT2D eigenvalue weighted by Gasteiger charge is 2.32. The SMILES string of the molecule is CCN1C(=O)C(=Cc2cccc(Oc3nc(Oc4cccc(C=C5SC(=S)N(CC)C5=O)c4)nc(Oc4cccc(C=C5SC(=S)N(CC)C5=O)c4)n3)c2)SC1=S. The molecule has 12 nitrogen and oxygen atoms in total. The summed E-state index contributed by atoms with van der Waals surface area (Å²) in [5, 5.41) is 0. The Hall–Kier alpha value is -4.98. The number of nitrogens with zero attached hydrogens (tertiary/aromatic N) is 6. The van der Waals surface area contributed by atoms with Crippen LogP contribution < -0.4 is 14.2 Å². The molecule has 0 aliphatic carbocycles. The van der Waals surface area contributed by atoms with Gasteiger partial charge in [-0.05, 0) is 92.1 Å². The van der Waals surface area contributed by atoms with Gasteiger partial charge in [0, 0.05) is 19.6 Å². The van der Waals surface area contributed by atoms with Gasteiger partial charge in [-0.15, -0.1) is 15.0 Å². The average molecular weight is 871 g/mol. The molecule has 3 aliphatic heterocycles. The average Bonchev–Trinajstić information content (AvgIpc) is 3.72. The zero-order valence-electron chi connectivity index (χ0n) is 30.4. The van der Waals surface area contributed by atoms with Gasteiger partial charge in [0.15, 0.2) is 0 Å². The van der Waals surface area contributed by atoms with Crippen molar-refractivity contribution in [3.05, 3.63) is 104 Å². The van der Waals surface area contributed by atoms with Crippen LogP contribution in [0.5, 0.6) is 35.3 Å². The minimum Gasteiger partial charge on any atom is -0.424 e. The quantitative estimate of drug-likeness (QED) is 0.0993. The summed E-state index contributed by atoms with van der Waals surface area (Å²) < 4.78 is 19.9. The minimum absolute atomic E-state index is 0.136. The molecule has 4 aromatic rings. The van der Waals surface area contributed by atoms with E-state index in [-0.39, 0.29) is 35.8 Å². The Morgan fingerprint density at radius 3 is 1.04 bits per heavy atom. The van der Waals surface area contributed by atoms with Crippen LogP contribution in [0.2, 0.25) is 0 Å². The van der Waals surface area contributed by atoms with Gasteiger partial charge in [-0.3, -0.25) is 29.1 Å². The number of likely N-dealkylation sites (N-methyl/N-ethyl adjacent to an activating group) is 3. The molecule has 0 bridgehead atoms. The number of thiocarbonyl (C=S) groups is 3. The van der Waals surface area contributed by atoms with Crippen LogP contribution in [-0.4, -0.2) is 80.0 Å². The monoisotopic (exact) mass is 870 g/mol. The fourth-order valence-electron chi connectivity index (χ4n) is 5.55. The van der Waals surface area contributed by atoms with E-state index < -0.39 is 0 Å². The number of carbonyl (C=O) groups is 3. The third kappa shape index (κ3) is 9.27. The van der Waals surface area contributed by atoms with E-state index in [0.29, 0.717) is 81.3 Å². The largest absolute Gasteiger partial charge is 0.424 e. The van der Waals surface area contributed by atoms with E-state index in [2.05, 4.69) is 15.0 Å². The van der Waals surface area contributed by atoms with Gasteiger partial charge in [0.2, 0.25) is 0 Å². The van der Waals surface area contributed by atoms with Crippen molar-refractivity contribution in [3.63, 3.8) is 0 Å². The number of carbonyl (C=O) groups excluding carboxylic acids is 3. The van der Waals surface area contributed by atoms with E-state index in [1.807, 2.05) is 39.0 Å². The first-order valence-corrected chi connectivity index (χ1v) is 21.0. The lowest BCUT2D eigenvalue weighted by Gasteiger charge is -2.11. The minimum atomic E-state index is -0.152. The molecule has 3 fully saturated rings. The van der Waals surface area contributed by atoms with E-state index in [0.717, 1.165) is 0 Å². The normalized spacial score (nSPS) is 17.9. The molecule has 18 heteroatoms. The van der Waals surface area contributed by atoms with Gasteiger partial charge < -0.3 is 14.2 Å². The first-order valence-electron chi connectivity index (χ1n) is 17.4. The third-order valence-corrected chi connectivity index (χ3v) is 12.4. The second kappa shape index (κ2) is 17.7. The zero-order chi connectivity index (χ0) is 40.2. The number of ether oxygens (including phenoxy) is 3. The van der Waals surface area contributed by atoms with Gasteiger partial charge in [0.25, 0.3) is 17.7 Å². The Kier molecular flexibility index (Phi) is 12.5. The number of hydrogen-bond acceptors (Lipinski definition) is 15. The van der Waals surface area contributed by atoms with Crippen LogP contribution in [0.4, 0.5) is 0 Å². The lowest BCUT2D eigenvalue weighted by molar-refractivity contribution is -0.122. The van der Waals surface area contributed by atoms with E-state index in [4.69, 9.17) is 50.9 Å². The highest BCUT2D eigenvalue weighted by Crippen LogP contribution is 2.36. The molecule has 4 heterocycles. The van der Waals surface area contributed by atoms with Crippen LogP contribution in [-0.2, 0) is 14.4 Å². The Bertz CT molecular complexity index is 2180. The molecule has 0 saturated carbocycles. The fourth-order valence-corrected chi connectivity index (χ4v) is 9.70. The molecule has 0 spiro atoms. The fraction of sp³-hybridized carbons (Fsp3) is 0.154. The third-order valence-electron chi connectivity index (χ3n) is 8.24. The van der Waals surface area contributed by atoms with Crippen molar-refractivity contribution in [1.29, 1.82) is 0 Å². The van der Waals surface area contributed by atoms with Crippen LogP contribution in [0.3, 0.4) is 0 Å². The zero-order valence-corrected chi connectivity index (χ0v) is 35.3. The molecular formula is C39H30N6O6S6. The predicted molar refractivity (Wildman–Crippen MR) is 236 cm³/mol. The van der Waals surface area contributed by atoms with Crippen LogP contribution >= 0.6 is 71.9 Å². The van der Waals surface area contributed by atoms with Crippen LogP contribution in [0.15, 0.2) is 87.5 Å². The maximum absolute atomic E-state index is 12.8. The summed E-state index contributed by atoms with van der Waals surface area (Å²) in [6, 6.07) is 20.8. The lowest BCUT2D eigenvalue weighted by atomic mass is 10.2. The maximum Gasteiger partial charge on any atom is 0.331 e. The lowest BCUT2D eigenvalue weighted by Crippen LogP contribution is -2.27. The molecule has 288 valence electrons. The smallest absolute Gasteiger partial charge is 0.331 e. The van der Waals surface area contributed by atoms with Gasteiger partial charge in [0.1, 0.15) is 30.2 Å². The Balaban J connectivity index is 1.18. The van der Waals surface area contributed by atoms with Gasteiger partial charge in [-0.1, -0.05) is 108 Å². The highest BCUT2D eigenvalue weighted by molar-refractivity contribution is 8.27. The van der Waals surface area contributed by atoms with Crippen molar-refractivity contribution < 1.29 is 28.6 Å². The summed E-state index contributed by atoms with van der Waals surface area (Å²) in [6.07, 6.45) is 5.25. The molecule has 3 aromatic carbocycles. The standard InChI is InChI=1S/C39H30N6O6S6/c1-4-43-31(46)28(55-37(43)52)19-22-10-7-13-25(16-22)49-34-40-35(50-26-14-8-11-23(17-26)20-29-32(47)44(5-2)38(53)56-29)42-36(41-34)51-27-15-9-12-24(18-27)21-30-33(48)45(6-3)39(54)57-30/h7-21H,4-6H2,1-3H3. The number of thioether (sulfide) groups is 3. The predicted octanol–water partition coefficient (Wildman–Crippen LogP) is 8.91. The van der Waals surface area contributed by atoms with E-state index >= 15 is 0 Å². The molecular weight excluding hydrogens is 841 g/mol. The summed E-state index contributed by atoms with van der Waals surface area (Å²) in [5.74, 6) is 0.655. The van der Waals surface area contributed by atoms with Gasteiger partial charge in [-0.2, -0.15) is 0 Å². The molecule has 0 unspecified atom stereocenters. The first-order chi connectivity index (χ1) is 27.5. The first kappa shape index (κ1) is 40.2. The van der Waals surface area contributed by atoms with Crippen molar-refractivity contribution in [2.24, 2.45) is 0 Å². The van der Waals surface area contributed by atoms with Crippen molar-refractivity contribution in [1.82, 2.24) is 29.7 Å². The molecule has 3 saturated heterocycles. The number of rotatable bonds is 12. The molecule has 0 radical (unpaired) electrons. The Morgan fingerprint density at radius 2 is 0.789 bits per heavy atom. The number of amides is 3. The van der Waals surface area contributed by atoms with Crippen LogP contribution in [0, 0.1) is 0 Å². The van der Waals surface area contributed by atoms with E-state index in [1.165, 1.54) is 35.3 Å². The summed E-state index contributed by atoms with van der Waals surface area (Å²) in [6.45, 7) is 7.07. The van der Waals surface area contributed by atoms with Crippen molar-refractivity contribution in [2.45, 2.75) is 20.8 Å². The Morgan fingerprint density at radius 1 is 0.509 bits per heavy atom. The number of hydrogen-bond donors (Lipinski definition) is 0. The Labute approximate surface area is 356 Å². The topological polar surface area (TPSA) is 127 Å². The number of aromatic nitrogens is 3. The second-order valence-electron chi connectivity index (χ2n) is 12.0. The van der Waals surface area contributed by atoms with Crippen LogP contribution in [0.25, 0.3) is 18.2 Å². The molecule has 57 heavy (non-hydrogen) atoms. The maximum atomic E-state index is 12.8. The van der Waals surface area contributed by atoms with E-state index in [1.54, 1.807) is 87.5 Å². The van der Waals surface area contributed by atoms with Gasteiger partial charge in [-0.25, -0.2) is 0 Å². The van der Waals surface area contributed by atoms with Gasteiger partial charge in [0.05, 0.1) is 14.7 Å². The molecule has 0 N–H and O–H groups in total.